The van der Waals surface area contributed by atoms with E-state index in [0.717, 1.165) is 6.42 Å². The number of nitrogen functional groups attached to an aromatic ring is 1. The van der Waals surface area contributed by atoms with Gasteiger partial charge in [-0.05, 0) is 24.5 Å². The molecule has 1 atom stereocenters. The van der Waals surface area contributed by atoms with Crippen LogP contribution in [-0.2, 0) is 0 Å². The van der Waals surface area contributed by atoms with Crippen LogP contribution in [0.1, 0.15) is 20.3 Å². The molecule has 1 rings (SSSR count). The third-order valence-corrected chi connectivity index (χ3v) is 2.16. The lowest BCUT2D eigenvalue weighted by Gasteiger charge is -2.14. The lowest BCUT2D eigenvalue weighted by molar-refractivity contribution is 0.161. The maximum atomic E-state index is 9.68. The zero-order chi connectivity index (χ0) is 12.0. The number of anilines is 2. The van der Waals surface area contributed by atoms with E-state index in [1.807, 2.05) is 12.1 Å². The van der Waals surface area contributed by atoms with Gasteiger partial charge in [-0.15, -0.1) is 0 Å². The molecule has 0 aromatic carbocycles. The molecule has 0 saturated carbocycles. The number of nitrogens with two attached hydrogens (primary N) is 1. The molecule has 0 amide bonds. The normalized spacial score (nSPS) is 12.6. The van der Waals surface area contributed by atoms with Crippen LogP contribution < -0.4 is 16.6 Å². The molecule has 0 aliphatic heterocycles. The van der Waals surface area contributed by atoms with Crippen molar-refractivity contribution in [2.45, 2.75) is 26.4 Å². The number of hydrogen-bond donors (Lipinski definition) is 4. The number of aromatic nitrogens is 1. The van der Waals surface area contributed by atoms with E-state index >= 15 is 0 Å². The summed E-state index contributed by atoms with van der Waals surface area (Å²) in [5.41, 5.74) is 2.47. The molecule has 0 fully saturated rings. The second kappa shape index (κ2) is 6.30. The SMILES string of the molecule is CC(C)CC(O)CNc1cccc(NN)n1. The monoisotopic (exact) mass is 224 g/mol. The maximum Gasteiger partial charge on any atom is 0.142 e. The van der Waals surface area contributed by atoms with Crippen LogP contribution in [0.25, 0.3) is 0 Å². The number of pyridine rings is 1. The molecule has 1 heterocycles. The number of hydrazine groups is 1. The molecule has 1 aromatic heterocycles. The molecule has 0 saturated heterocycles. The Morgan fingerprint density at radius 3 is 2.69 bits per heavy atom. The van der Waals surface area contributed by atoms with Crippen molar-refractivity contribution in [1.82, 2.24) is 4.98 Å². The molecule has 0 aliphatic carbocycles. The zero-order valence-corrected chi connectivity index (χ0v) is 9.77. The lowest BCUT2D eigenvalue weighted by Crippen LogP contribution is -2.21. The molecule has 90 valence electrons. The van der Waals surface area contributed by atoms with Crippen LogP contribution in [0.2, 0.25) is 0 Å². The summed E-state index contributed by atoms with van der Waals surface area (Å²) >= 11 is 0. The standard InChI is InChI=1S/C11H20N4O/c1-8(2)6-9(16)7-13-10-4-3-5-11(14-10)15-12/h3-5,8-9,16H,6-7,12H2,1-2H3,(H2,13,14,15). The Morgan fingerprint density at radius 1 is 1.38 bits per heavy atom. The molecular weight excluding hydrogens is 204 g/mol. The molecule has 5 nitrogen and oxygen atoms in total. The summed E-state index contributed by atoms with van der Waals surface area (Å²) in [7, 11) is 0. The van der Waals surface area contributed by atoms with Crippen molar-refractivity contribution < 1.29 is 5.11 Å². The molecule has 0 spiro atoms. The van der Waals surface area contributed by atoms with Gasteiger partial charge in [-0.1, -0.05) is 19.9 Å². The summed E-state index contributed by atoms with van der Waals surface area (Å²) in [6.45, 7) is 4.67. The second-order valence-corrected chi connectivity index (χ2v) is 4.22. The summed E-state index contributed by atoms with van der Waals surface area (Å²) in [5.74, 6) is 7.05. The van der Waals surface area contributed by atoms with Gasteiger partial charge in [0.05, 0.1) is 6.10 Å². The van der Waals surface area contributed by atoms with Gasteiger partial charge in [0.2, 0.25) is 0 Å². The number of nitrogens with zero attached hydrogens (tertiary/aromatic N) is 1. The minimum Gasteiger partial charge on any atom is -0.391 e. The van der Waals surface area contributed by atoms with Crippen LogP contribution in [0.3, 0.4) is 0 Å². The molecule has 1 unspecified atom stereocenters. The molecule has 16 heavy (non-hydrogen) atoms. The van der Waals surface area contributed by atoms with Gasteiger partial charge in [0.25, 0.3) is 0 Å². The average molecular weight is 224 g/mol. The summed E-state index contributed by atoms with van der Waals surface area (Å²) in [6.07, 6.45) is 0.429. The van der Waals surface area contributed by atoms with Gasteiger partial charge >= 0.3 is 0 Å². The van der Waals surface area contributed by atoms with E-state index in [-0.39, 0.29) is 6.10 Å². The first kappa shape index (κ1) is 12.7. The Kier molecular flexibility index (Phi) is 5.01. The van der Waals surface area contributed by atoms with Crippen LogP contribution in [0.4, 0.5) is 11.6 Å². The van der Waals surface area contributed by atoms with Gasteiger partial charge in [0.1, 0.15) is 11.6 Å². The van der Waals surface area contributed by atoms with Gasteiger partial charge in [-0.3, -0.25) is 0 Å². The van der Waals surface area contributed by atoms with Crippen LogP contribution in [0, 0.1) is 5.92 Å². The first-order chi connectivity index (χ1) is 7.61. The van der Waals surface area contributed by atoms with E-state index in [1.165, 1.54) is 0 Å². The molecule has 5 N–H and O–H groups in total. The highest BCUT2D eigenvalue weighted by Crippen LogP contribution is 2.09. The van der Waals surface area contributed by atoms with Crippen molar-refractivity contribution in [3.8, 4) is 0 Å². The molecule has 1 aromatic rings. The number of nitrogens with one attached hydrogen (secondary N) is 2. The predicted octanol–water partition coefficient (Wildman–Crippen LogP) is 1.19. The molecule has 0 aliphatic rings. The van der Waals surface area contributed by atoms with Crippen molar-refractivity contribution in [3.63, 3.8) is 0 Å². The highest BCUT2D eigenvalue weighted by atomic mass is 16.3. The van der Waals surface area contributed by atoms with Gasteiger partial charge in [0.15, 0.2) is 0 Å². The largest absolute Gasteiger partial charge is 0.391 e. The van der Waals surface area contributed by atoms with Crippen molar-refractivity contribution in [1.29, 1.82) is 0 Å². The Hall–Kier alpha value is -1.33. The highest BCUT2D eigenvalue weighted by molar-refractivity contribution is 5.44. The smallest absolute Gasteiger partial charge is 0.142 e. The van der Waals surface area contributed by atoms with Crippen LogP contribution in [-0.4, -0.2) is 22.7 Å². The molecular formula is C11H20N4O. The van der Waals surface area contributed by atoms with Gasteiger partial charge in [-0.2, -0.15) is 0 Å². The van der Waals surface area contributed by atoms with Crippen LogP contribution >= 0.6 is 0 Å². The minimum absolute atomic E-state index is 0.351. The quantitative estimate of drug-likeness (QED) is 0.431. The van der Waals surface area contributed by atoms with Crippen molar-refractivity contribution >= 4 is 11.6 Å². The van der Waals surface area contributed by atoms with E-state index in [0.29, 0.717) is 24.1 Å². The van der Waals surface area contributed by atoms with E-state index < -0.39 is 0 Å². The number of hydrogen-bond acceptors (Lipinski definition) is 5. The third kappa shape index (κ3) is 4.46. The van der Waals surface area contributed by atoms with E-state index in [9.17, 15) is 5.11 Å². The minimum atomic E-state index is -0.351. The summed E-state index contributed by atoms with van der Waals surface area (Å²) < 4.78 is 0. The van der Waals surface area contributed by atoms with E-state index in [2.05, 4.69) is 29.6 Å². The number of aliphatic hydroxyl groups excluding tert-OH is 1. The maximum absolute atomic E-state index is 9.68. The predicted molar refractivity (Wildman–Crippen MR) is 66.0 cm³/mol. The van der Waals surface area contributed by atoms with Crippen LogP contribution in [0.5, 0.6) is 0 Å². The van der Waals surface area contributed by atoms with Gasteiger partial charge in [0, 0.05) is 6.54 Å². The van der Waals surface area contributed by atoms with Crippen molar-refractivity contribution in [2.75, 3.05) is 17.3 Å². The summed E-state index contributed by atoms with van der Waals surface area (Å²) in [4.78, 5) is 4.18. The Morgan fingerprint density at radius 2 is 2.06 bits per heavy atom. The van der Waals surface area contributed by atoms with Gasteiger partial charge in [-0.25, -0.2) is 10.8 Å². The molecule has 5 heteroatoms. The number of aliphatic hydroxyl groups is 1. The lowest BCUT2D eigenvalue weighted by atomic mass is 10.1. The highest BCUT2D eigenvalue weighted by Gasteiger charge is 2.06. The first-order valence-corrected chi connectivity index (χ1v) is 5.47. The van der Waals surface area contributed by atoms with Crippen molar-refractivity contribution in [3.05, 3.63) is 18.2 Å². The first-order valence-electron chi connectivity index (χ1n) is 5.47. The third-order valence-electron chi connectivity index (χ3n) is 2.16. The Balaban J connectivity index is 2.41. The fraction of sp³-hybridized carbons (Fsp3) is 0.545. The van der Waals surface area contributed by atoms with E-state index in [1.54, 1.807) is 6.07 Å². The molecule has 0 bridgehead atoms. The topological polar surface area (TPSA) is 83.2 Å². The summed E-state index contributed by atoms with van der Waals surface area (Å²) in [5, 5.41) is 12.7. The number of rotatable bonds is 6. The average Bonchev–Trinajstić information content (AvgIpc) is 2.26. The van der Waals surface area contributed by atoms with E-state index in [4.69, 9.17) is 5.84 Å². The zero-order valence-electron chi connectivity index (χ0n) is 9.77. The fourth-order valence-electron chi connectivity index (χ4n) is 1.46. The molecule has 0 radical (unpaired) electrons. The van der Waals surface area contributed by atoms with Crippen LogP contribution in [0.15, 0.2) is 18.2 Å². The fourth-order valence-corrected chi connectivity index (χ4v) is 1.46. The summed E-state index contributed by atoms with van der Waals surface area (Å²) in [6, 6.07) is 5.46. The Labute approximate surface area is 96.0 Å². The van der Waals surface area contributed by atoms with Gasteiger partial charge < -0.3 is 15.8 Å². The Bertz CT molecular complexity index is 317. The van der Waals surface area contributed by atoms with Crippen molar-refractivity contribution in [2.24, 2.45) is 11.8 Å². The second-order valence-electron chi connectivity index (χ2n) is 4.22.